The molecule has 2 heterocycles. The monoisotopic (exact) mass is 486 g/mol. The molecule has 0 aliphatic carbocycles. The Morgan fingerprint density at radius 1 is 1.22 bits per heavy atom. The van der Waals surface area contributed by atoms with Crippen LogP contribution in [-0.2, 0) is 0 Å². The Bertz CT molecular complexity index is 593. The van der Waals surface area contributed by atoms with Crippen molar-refractivity contribution in [3.05, 3.63) is 29.8 Å². The van der Waals surface area contributed by atoms with Crippen LogP contribution in [-0.4, -0.2) is 55.7 Å². The van der Waals surface area contributed by atoms with Crippen molar-refractivity contribution < 1.29 is 4.74 Å². The highest BCUT2D eigenvalue weighted by Gasteiger charge is 2.36. The standard InChI is InChI=1S/C21H34N4O.HI/c1-15-8-10-20(11-9-15)26-16(2)14-23-21(22-3)24-17-12-18-6-5-7-19(13-17)25(18)4;/h8-11,16-19H,5-7,12-14H2,1-4H3,(H2,22,23,24);1H. The Hall–Kier alpha value is -1.02. The topological polar surface area (TPSA) is 48.9 Å². The molecule has 0 spiro atoms. The van der Waals surface area contributed by atoms with Crippen molar-refractivity contribution in [3.8, 4) is 5.75 Å². The first-order chi connectivity index (χ1) is 12.5. The van der Waals surface area contributed by atoms with Crippen LogP contribution in [0.5, 0.6) is 5.75 Å². The fraction of sp³-hybridized carbons (Fsp3) is 0.667. The lowest BCUT2D eigenvalue weighted by molar-refractivity contribution is 0.0526. The van der Waals surface area contributed by atoms with Gasteiger partial charge in [-0.05, 0) is 58.7 Å². The highest BCUT2D eigenvalue weighted by Crippen LogP contribution is 2.32. The van der Waals surface area contributed by atoms with Gasteiger partial charge in [0.2, 0.25) is 0 Å². The Morgan fingerprint density at radius 3 is 2.44 bits per heavy atom. The van der Waals surface area contributed by atoms with E-state index in [-0.39, 0.29) is 30.1 Å². The van der Waals surface area contributed by atoms with E-state index in [0.29, 0.717) is 6.04 Å². The maximum Gasteiger partial charge on any atom is 0.191 e. The predicted molar refractivity (Wildman–Crippen MR) is 123 cm³/mol. The van der Waals surface area contributed by atoms with Gasteiger partial charge in [0.15, 0.2) is 5.96 Å². The quantitative estimate of drug-likeness (QED) is 0.380. The van der Waals surface area contributed by atoms with E-state index in [9.17, 15) is 0 Å². The molecule has 152 valence electrons. The van der Waals surface area contributed by atoms with Gasteiger partial charge >= 0.3 is 0 Å². The fourth-order valence-corrected chi connectivity index (χ4v) is 4.25. The molecule has 6 heteroatoms. The maximum atomic E-state index is 5.98. The molecule has 0 amide bonds. The molecule has 2 fully saturated rings. The number of nitrogens with zero attached hydrogens (tertiary/aromatic N) is 2. The molecule has 5 nitrogen and oxygen atoms in total. The van der Waals surface area contributed by atoms with Crippen molar-refractivity contribution in [1.82, 2.24) is 15.5 Å². The van der Waals surface area contributed by atoms with E-state index in [4.69, 9.17) is 4.74 Å². The minimum Gasteiger partial charge on any atom is -0.489 e. The number of halogens is 1. The minimum atomic E-state index is 0. The third kappa shape index (κ3) is 6.24. The molecule has 1 aromatic rings. The molecule has 2 saturated heterocycles. The zero-order valence-corrected chi connectivity index (χ0v) is 19.4. The van der Waals surface area contributed by atoms with Crippen LogP contribution >= 0.6 is 24.0 Å². The first-order valence-corrected chi connectivity index (χ1v) is 9.97. The lowest BCUT2D eigenvalue weighted by atomic mass is 9.82. The van der Waals surface area contributed by atoms with Gasteiger partial charge in [-0.15, -0.1) is 24.0 Å². The van der Waals surface area contributed by atoms with Crippen molar-refractivity contribution in [2.24, 2.45) is 4.99 Å². The first kappa shape index (κ1) is 22.3. The Balaban J connectivity index is 0.00000261. The summed E-state index contributed by atoms with van der Waals surface area (Å²) in [5, 5.41) is 7.06. The van der Waals surface area contributed by atoms with Crippen LogP contribution < -0.4 is 15.4 Å². The molecule has 2 aliphatic heterocycles. The lowest BCUT2D eigenvalue weighted by Crippen LogP contribution is -2.57. The third-order valence-corrected chi connectivity index (χ3v) is 5.82. The van der Waals surface area contributed by atoms with Crippen molar-refractivity contribution >= 4 is 29.9 Å². The van der Waals surface area contributed by atoms with Crippen LogP contribution in [0.25, 0.3) is 0 Å². The van der Waals surface area contributed by atoms with Crippen LogP contribution in [0.1, 0.15) is 44.6 Å². The number of guanidine groups is 1. The summed E-state index contributed by atoms with van der Waals surface area (Å²) in [5.41, 5.74) is 1.25. The SMILES string of the molecule is CN=C(NCC(C)Oc1ccc(C)cc1)NC1CC2CCCC(C1)N2C.I. The molecule has 1 aromatic carbocycles. The van der Waals surface area contributed by atoms with Crippen LogP contribution in [0.3, 0.4) is 0 Å². The van der Waals surface area contributed by atoms with Gasteiger partial charge in [-0.2, -0.15) is 0 Å². The van der Waals surface area contributed by atoms with Crippen molar-refractivity contribution in [2.45, 2.75) is 70.2 Å². The molecule has 27 heavy (non-hydrogen) atoms. The van der Waals surface area contributed by atoms with E-state index in [1.807, 2.05) is 19.2 Å². The van der Waals surface area contributed by atoms with E-state index in [1.54, 1.807) is 0 Å². The van der Waals surface area contributed by atoms with Gasteiger partial charge in [0.1, 0.15) is 11.9 Å². The van der Waals surface area contributed by atoms with Gasteiger partial charge in [-0.3, -0.25) is 4.99 Å². The van der Waals surface area contributed by atoms with Crippen LogP contribution in [0, 0.1) is 6.92 Å². The van der Waals surface area contributed by atoms with Crippen molar-refractivity contribution in [1.29, 1.82) is 0 Å². The summed E-state index contributed by atoms with van der Waals surface area (Å²) in [7, 11) is 4.14. The zero-order valence-electron chi connectivity index (χ0n) is 17.1. The van der Waals surface area contributed by atoms with Crippen LogP contribution in [0.15, 0.2) is 29.3 Å². The number of hydrogen-bond acceptors (Lipinski definition) is 3. The van der Waals surface area contributed by atoms with E-state index in [1.165, 1.54) is 37.7 Å². The highest BCUT2D eigenvalue weighted by molar-refractivity contribution is 14.0. The molecule has 3 atom stereocenters. The second kappa shape index (κ2) is 10.5. The zero-order chi connectivity index (χ0) is 18.5. The second-order valence-corrected chi connectivity index (χ2v) is 7.91. The molecule has 0 saturated carbocycles. The molecule has 2 aliphatic rings. The summed E-state index contributed by atoms with van der Waals surface area (Å²) in [6.07, 6.45) is 6.55. The number of benzene rings is 1. The number of aliphatic imine (C=N–C) groups is 1. The Morgan fingerprint density at radius 2 is 1.85 bits per heavy atom. The second-order valence-electron chi connectivity index (χ2n) is 7.91. The summed E-state index contributed by atoms with van der Waals surface area (Å²) in [5.74, 6) is 1.80. The largest absolute Gasteiger partial charge is 0.489 e. The summed E-state index contributed by atoms with van der Waals surface area (Å²) < 4.78 is 5.98. The maximum absolute atomic E-state index is 5.98. The normalized spacial score (nSPS) is 26.7. The number of piperidine rings is 2. The number of fused-ring (bicyclic) bond motifs is 2. The lowest BCUT2D eigenvalue weighted by Gasteiger charge is -2.47. The van der Waals surface area contributed by atoms with E-state index >= 15 is 0 Å². The number of hydrogen-bond donors (Lipinski definition) is 2. The average molecular weight is 486 g/mol. The number of nitrogens with one attached hydrogen (secondary N) is 2. The fourth-order valence-electron chi connectivity index (χ4n) is 4.25. The van der Waals surface area contributed by atoms with Crippen molar-refractivity contribution in [3.63, 3.8) is 0 Å². The smallest absolute Gasteiger partial charge is 0.191 e. The average Bonchev–Trinajstić information content (AvgIpc) is 2.61. The molecular formula is C21H35IN4O. The van der Waals surface area contributed by atoms with Crippen LogP contribution in [0.4, 0.5) is 0 Å². The van der Waals surface area contributed by atoms with Gasteiger partial charge in [0, 0.05) is 25.2 Å². The summed E-state index contributed by atoms with van der Waals surface area (Å²) in [6.45, 7) is 4.90. The summed E-state index contributed by atoms with van der Waals surface area (Å²) in [4.78, 5) is 7.00. The molecule has 3 unspecified atom stereocenters. The van der Waals surface area contributed by atoms with Gasteiger partial charge in [0.25, 0.3) is 0 Å². The molecule has 2 N–H and O–H groups in total. The van der Waals surface area contributed by atoms with Gasteiger partial charge < -0.3 is 20.3 Å². The Kier molecular flexibility index (Phi) is 8.66. The van der Waals surface area contributed by atoms with E-state index < -0.39 is 0 Å². The molecular weight excluding hydrogens is 451 g/mol. The van der Waals surface area contributed by atoms with E-state index in [0.717, 1.165) is 30.3 Å². The molecule has 2 bridgehead atoms. The Labute approximate surface area is 181 Å². The van der Waals surface area contributed by atoms with Gasteiger partial charge in [-0.1, -0.05) is 24.1 Å². The van der Waals surface area contributed by atoms with Gasteiger partial charge in [0.05, 0.1) is 6.54 Å². The van der Waals surface area contributed by atoms with Crippen molar-refractivity contribution in [2.75, 3.05) is 20.6 Å². The number of rotatable bonds is 5. The highest BCUT2D eigenvalue weighted by atomic mass is 127. The molecule has 0 radical (unpaired) electrons. The number of ether oxygens (including phenoxy) is 1. The molecule has 0 aromatic heterocycles. The van der Waals surface area contributed by atoms with Crippen LogP contribution in [0.2, 0.25) is 0 Å². The van der Waals surface area contributed by atoms with Gasteiger partial charge in [-0.25, -0.2) is 0 Å². The summed E-state index contributed by atoms with van der Waals surface area (Å²) in [6, 6.07) is 10.2. The molecule has 3 rings (SSSR count). The summed E-state index contributed by atoms with van der Waals surface area (Å²) >= 11 is 0. The minimum absolute atomic E-state index is 0. The van der Waals surface area contributed by atoms with E-state index in [2.05, 4.69) is 53.6 Å². The number of aryl methyl sites for hydroxylation is 1. The predicted octanol–water partition coefficient (Wildman–Crippen LogP) is 3.56. The first-order valence-electron chi connectivity index (χ1n) is 9.97. The third-order valence-electron chi connectivity index (χ3n) is 5.82.